The zero-order valence-electron chi connectivity index (χ0n) is 14.7. The average molecular weight is 331 g/mol. The Kier molecular flexibility index (Phi) is 6.23. The Morgan fingerprint density at radius 1 is 1.33 bits per heavy atom. The van der Waals surface area contributed by atoms with Gasteiger partial charge in [0.1, 0.15) is 0 Å². The molecule has 1 heterocycles. The number of benzene rings is 1. The quantitative estimate of drug-likeness (QED) is 0.808. The van der Waals surface area contributed by atoms with Gasteiger partial charge in [0.05, 0.1) is 25.5 Å². The van der Waals surface area contributed by atoms with E-state index in [1.165, 1.54) is 0 Å². The third-order valence-corrected chi connectivity index (χ3v) is 3.69. The highest BCUT2D eigenvalue weighted by atomic mass is 16.5. The lowest BCUT2D eigenvalue weighted by Crippen LogP contribution is -2.25. The Balaban J connectivity index is 1.89. The van der Waals surface area contributed by atoms with Crippen LogP contribution in [0, 0.1) is 6.92 Å². The first-order chi connectivity index (χ1) is 11.5. The summed E-state index contributed by atoms with van der Waals surface area (Å²) in [5.41, 5.74) is 1.91. The molecule has 1 unspecified atom stereocenters. The van der Waals surface area contributed by atoms with Crippen molar-refractivity contribution < 1.29 is 14.3 Å². The number of nitrogens with one attached hydrogen (secondary N) is 1. The number of carbonyl (C=O) groups is 1. The average Bonchev–Trinajstić information content (AvgIpc) is 3.00. The van der Waals surface area contributed by atoms with Gasteiger partial charge in [0.2, 0.25) is 5.91 Å². The molecule has 0 aliphatic rings. The summed E-state index contributed by atoms with van der Waals surface area (Å²) in [6.45, 7) is 6.87. The van der Waals surface area contributed by atoms with Crippen LogP contribution >= 0.6 is 0 Å². The van der Waals surface area contributed by atoms with Gasteiger partial charge in [0.15, 0.2) is 11.5 Å². The number of rotatable bonds is 8. The van der Waals surface area contributed by atoms with E-state index in [2.05, 4.69) is 10.4 Å². The summed E-state index contributed by atoms with van der Waals surface area (Å²) in [4.78, 5) is 12.1. The van der Waals surface area contributed by atoms with Gasteiger partial charge in [0, 0.05) is 19.2 Å². The molecule has 1 atom stereocenters. The summed E-state index contributed by atoms with van der Waals surface area (Å²) in [7, 11) is 1.61. The smallest absolute Gasteiger partial charge is 0.222 e. The second kappa shape index (κ2) is 8.38. The highest BCUT2D eigenvalue weighted by Crippen LogP contribution is 2.28. The maximum Gasteiger partial charge on any atom is 0.222 e. The van der Waals surface area contributed by atoms with Crippen molar-refractivity contribution >= 4 is 5.91 Å². The van der Waals surface area contributed by atoms with E-state index in [0.717, 1.165) is 11.3 Å². The second-order valence-corrected chi connectivity index (χ2v) is 5.69. The Hall–Kier alpha value is -2.50. The first-order valence-corrected chi connectivity index (χ1v) is 8.11. The van der Waals surface area contributed by atoms with Crippen molar-refractivity contribution in [1.29, 1.82) is 0 Å². The molecule has 24 heavy (non-hydrogen) atoms. The van der Waals surface area contributed by atoms with Gasteiger partial charge < -0.3 is 14.8 Å². The fraction of sp³-hybridized carbons (Fsp3) is 0.444. The van der Waals surface area contributed by atoms with Gasteiger partial charge in [-0.05, 0) is 44.5 Å². The number of carbonyl (C=O) groups excluding carboxylic acids is 1. The normalized spacial score (nSPS) is 11.8. The molecule has 0 radical (unpaired) electrons. The van der Waals surface area contributed by atoms with Crippen LogP contribution < -0.4 is 14.8 Å². The summed E-state index contributed by atoms with van der Waals surface area (Å²) in [5.74, 6) is 1.37. The lowest BCUT2D eigenvalue weighted by atomic mass is 10.2. The molecule has 0 aliphatic carbocycles. The topological polar surface area (TPSA) is 65.4 Å². The van der Waals surface area contributed by atoms with E-state index >= 15 is 0 Å². The molecule has 6 heteroatoms. The molecule has 2 aromatic rings. The number of hydrogen-bond donors (Lipinski definition) is 1. The summed E-state index contributed by atoms with van der Waals surface area (Å²) in [6.07, 6.45) is 2.28. The minimum Gasteiger partial charge on any atom is -0.493 e. The van der Waals surface area contributed by atoms with Crippen LogP contribution in [0.5, 0.6) is 11.5 Å². The zero-order valence-corrected chi connectivity index (χ0v) is 14.7. The van der Waals surface area contributed by atoms with E-state index in [1.807, 2.05) is 55.9 Å². The van der Waals surface area contributed by atoms with E-state index in [0.29, 0.717) is 31.1 Å². The second-order valence-electron chi connectivity index (χ2n) is 5.69. The molecule has 6 nitrogen and oxygen atoms in total. The van der Waals surface area contributed by atoms with Gasteiger partial charge in [-0.3, -0.25) is 9.48 Å². The van der Waals surface area contributed by atoms with Crippen LogP contribution in [0.3, 0.4) is 0 Å². The predicted molar refractivity (Wildman–Crippen MR) is 92.3 cm³/mol. The Morgan fingerprint density at radius 2 is 2.12 bits per heavy atom. The van der Waals surface area contributed by atoms with Gasteiger partial charge in [-0.25, -0.2) is 0 Å². The van der Waals surface area contributed by atoms with Crippen LogP contribution in [0.1, 0.15) is 37.6 Å². The first-order valence-electron chi connectivity index (χ1n) is 8.11. The zero-order chi connectivity index (χ0) is 17.5. The van der Waals surface area contributed by atoms with Crippen molar-refractivity contribution in [3.8, 4) is 11.5 Å². The van der Waals surface area contributed by atoms with Crippen LogP contribution in [0.25, 0.3) is 0 Å². The monoisotopic (exact) mass is 331 g/mol. The Morgan fingerprint density at radius 3 is 2.75 bits per heavy atom. The molecular formula is C18H25N3O3. The number of nitrogens with zero attached hydrogens (tertiary/aromatic N) is 2. The molecule has 0 bridgehead atoms. The lowest BCUT2D eigenvalue weighted by Gasteiger charge is -2.13. The molecule has 0 fully saturated rings. The van der Waals surface area contributed by atoms with Crippen LogP contribution in [0.15, 0.2) is 30.5 Å². The van der Waals surface area contributed by atoms with Crippen molar-refractivity contribution in [2.24, 2.45) is 0 Å². The Bertz CT molecular complexity index is 682. The molecule has 0 saturated carbocycles. The van der Waals surface area contributed by atoms with Crippen molar-refractivity contribution in [2.75, 3.05) is 13.7 Å². The highest BCUT2D eigenvalue weighted by Gasteiger charge is 2.12. The first kappa shape index (κ1) is 17.8. The van der Waals surface area contributed by atoms with Crippen molar-refractivity contribution in [1.82, 2.24) is 15.1 Å². The minimum absolute atomic E-state index is 0.0106. The minimum atomic E-state index is -0.0106. The van der Waals surface area contributed by atoms with E-state index < -0.39 is 0 Å². The Labute approximate surface area is 142 Å². The summed E-state index contributed by atoms with van der Waals surface area (Å²) in [6, 6.07) is 7.62. The molecular weight excluding hydrogens is 306 g/mol. The van der Waals surface area contributed by atoms with E-state index in [-0.39, 0.29) is 11.9 Å². The van der Waals surface area contributed by atoms with Crippen LogP contribution in [-0.2, 0) is 11.3 Å². The lowest BCUT2D eigenvalue weighted by molar-refractivity contribution is -0.122. The van der Waals surface area contributed by atoms with Gasteiger partial charge in [0.25, 0.3) is 0 Å². The molecule has 1 aromatic carbocycles. The third-order valence-electron chi connectivity index (χ3n) is 3.69. The number of methoxy groups -OCH3 is 1. The van der Waals surface area contributed by atoms with E-state index in [9.17, 15) is 4.79 Å². The van der Waals surface area contributed by atoms with Crippen molar-refractivity contribution in [2.45, 2.75) is 39.8 Å². The molecule has 1 aromatic heterocycles. The fourth-order valence-electron chi connectivity index (χ4n) is 2.41. The predicted octanol–water partition coefficient (Wildman–Crippen LogP) is 2.87. The summed E-state index contributed by atoms with van der Waals surface area (Å²) in [5, 5.41) is 7.27. The number of hydrogen-bond acceptors (Lipinski definition) is 4. The van der Waals surface area contributed by atoms with Crippen LogP contribution in [-0.4, -0.2) is 29.4 Å². The molecule has 0 spiro atoms. The van der Waals surface area contributed by atoms with Crippen LogP contribution in [0.4, 0.5) is 0 Å². The van der Waals surface area contributed by atoms with E-state index in [4.69, 9.17) is 9.47 Å². The molecule has 1 amide bonds. The van der Waals surface area contributed by atoms with Gasteiger partial charge in [-0.2, -0.15) is 5.10 Å². The summed E-state index contributed by atoms with van der Waals surface area (Å²) < 4.78 is 12.6. The molecule has 0 saturated heterocycles. The van der Waals surface area contributed by atoms with Gasteiger partial charge in [-0.15, -0.1) is 0 Å². The van der Waals surface area contributed by atoms with Crippen molar-refractivity contribution in [3.05, 3.63) is 41.7 Å². The molecule has 130 valence electrons. The molecule has 0 aliphatic heterocycles. The largest absolute Gasteiger partial charge is 0.493 e. The number of amides is 1. The third kappa shape index (κ3) is 4.75. The summed E-state index contributed by atoms with van der Waals surface area (Å²) >= 11 is 0. The maximum absolute atomic E-state index is 12.1. The molecule has 1 N–H and O–H groups in total. The van der Waals surface area contributed by atoms with Crippen molar-refractivity contribution in [3.63, 3.8) is 0 Å². The van der Waals surface area contributed by atoms with Gasteiger partial charge >= 0.3 is 0 Å². The number of aryl methyl sites for hydroxylation is 1. The van der Waals surface area contributed by atoms with Crippen LogP contribution in [0.2, 0.25) is 0 Å². The number of ether oxygens (including phenoxy) is 2. The van der Waals surface area contributed by atoms with E-state index in [1.54, 1.807) is 7.11 Å². The SMILES string of the molecule is CCOc1ccc(CNC(=O)CC(C)n2ccc(C)n2)cc1OC. The van der Waals surface area contributed by atoms with Gasteiger partial charge in [-0.1, -0.05) is 6.07 Å². The highest BCUT2D eigenvalue weighted by molar-refractivity contribution is 5.76. The standard InChI is InChI=1S/C18H25N3O3/c1-5-24-16-7-6-15(11-17(16)23-4)12-19-18(22)10-14(3)21-9-8-13(2)20-21/h6-9,11,14H,5,10,12H2,1-4H3,(H,19,22). The number of aromatic nitrogens is 2. The maximum atomic E-state index is 12.1. The molecule has 2 rings (SSSR count). The fourth-order valence-corrected chi connectivity index (χ4v) is 2.41.